The number of ether oxygens (including phenoxy) is 1. The second kappa shape index (κ2) is 7.51. The highest BCUT2D eigenvalue weighted by Gasteiger charge is 2.39. The van der Waals surface area contributed by atoms with Crippen LogP contribution in [-0.4, -0.2) is 31.1 Å². The molecule has 0 spiro atoms. The summed E-state index contributed by atoms with van der Waals surface area (Å²) in [6, 6.07) is 8.85. The summed E-state index contributed by atoms with van der Waals surface area (Å²) in [6.07, 6.45) is 0.727. The molecule has 5 heteroatoms. The minimum Gasteiger partial charge on any atom is -0.463 e. The summed E-state index contributed by atoms with van der Waals surface area (Å²) in [5, 5.41) is 3.46. The van der Waals surface area contributed by atoms with E-state index in [0.29, 0.717) is 12.2 Å². The lowest BCUT2D eigenvalue weighted by atomic mass is 9.97. The molecule has 1 atom stereocenters. The average molecular weight is 267 g/mol. The highest BCUT2D eigenvalue weighted by molar-refractivity contribution is 5.98. The van der Waals surface area contributed by atoms with Crippen molar-refractivity contribution in [3.05, 3.63) is 35.9 Å². The van der Waals surface area contributed by atoms with Crippen LogP contribution in [0.3, 0.4) is 0 Å². The van der Waals surface area contributed by atoms with Gasteiger partial charge in [0.15, 0.2) is 0 Å². The second-order valence-corrected chi connectivity index (χ2v) is 3.90. The van der Waals surface area contributed by atoms with Gasteiger partial charge in [-0.2, -0.15) is 0 Å². The topological polar surface area (TPSA) is 47.9 Å². The molecule has 4 nitrogen and oxygen atoms in total. The van der Waals surface area contributed by atoms with Crippen LogP contribution in [0.2, 0.25) is 0 Å². The molecule has 0 bridgehead atoms. The van der Waals surface area contributed by atoms with Gasteiger partial charge in [0, 0.05) is 6.42 Å². The number of esters is 1. The first kappa shape index (κ1) is 15.1. The Hall–Kier alpha value is -1.91. The number of benzene rings is 1. The normalized spacial score (nSPS) is 14.1. The maximum absolute atomic E-state index is 14.7. The van der Waals surface area contributed by atoms with Crippen LogP contribution < -0.4 is 0 Å². The molecule has 0 saturated heterocycles. The number of nitrogens with zero attached hydrogens (tertiary/aromatic N) is 1. The molecule has 0 radical (unpaired) electrons. The van der Waals surface area contributed by atoms with E-state index in [4.69, 9.17) is 9.57 Å². The molecule has 19 heavy (non-hydrogen) atoms. The highest BCUT2D eigenvalue weighted by Crippen LogP contribution is 2.18. The van der Waals surface area contributed by atoms with Crippen molar-refractivity contribution in [2.75, 3.05) is 13.2 Å². The summed E-state index contributed by atoms with van der Waals surface area (Å²) < 4.78 is 19.4. The van der Waals surface area contributed by atoms with Crippen molar-refractivity contribution in [1.29, 1.82) is 0 Å². The van der Waals surface area contributed by atoms with Crippen molar-refractivity contribution in [2.24, 2.45) is 5.16 Å². The van der Waals surface area contributed by atoms with Crippen LogP contribution in [0, 0.1) is 0 Å². The Labute approximate surface area is 112 Å². The first-order valence-corrected chi connectivity index (χ1v) is 6.19. The summed E-state index contributed by atoms with van der Waals surface area (Å²) in [6.45, 7) is 3.77. The van der Waals surface area contributed by atoms with E-state index < -0.39 is 11.6 Å². The number of hydrogen-bond acceptors (Lipinski definition) is 4. The second-order valence-electron chi connectivity index (χ2n) is 3.90. The first-order chi connectivity index (χ1) is 9.12. The molecule has 1 unspecified atom stereocenters. The minimum atomic E-state index is -2.31. The van der Waals surface area contributed by atoms with Crippen LogP contribution >= 0.6 is 0 Å². The number of carbonyl (C=O) groups excluding carboxylic acids is 1. The number of halogens is 1. The third kappa shape index (κ3) is 4.69. The number of hydrogen-bond donors (Lipinski definition) is 0. The fraction of sp³-hybridized carbons (Fsp3) is 0.429. The van der Waals surface area contributed by atoms with Crippen LogP contribution in [0.1, 0.15) is 19.4 Å². The Morgan fingerprint density at radius 2 is 2.00 bits per heavy atom. The van der Waals surface area contributed by atoms with Crippen LogP contribution in [0.15, 0.2) is 35.5 Å². The molecule has 0 aliphatic heterocycles. The summed E-state index contributed by atoms with van der Waals surface area (Å²) in [5.74, 6) is -0.956. The molecular formula is C14H18FNO3. The molecule has 0 aliphatic carbocycles. The molecule has 0 saturated carbocycles. The highest BCUT2D eigenvalue weighted by atomic mass is 19.1. The lowest BCUT2D eigenvalue weighted by Crippen LogP contribution is -2.39. The summed E-state index contributed by atoms with van der Waals surface area (Å²) in [4.78, 5) is 16.4. The monoisotopic (exact) mass is 267 g/mol. The predicted octanol–water partition coefficient (Wildman–Crippen LogP) is 2.52. The molecular weight excluding hydrogens is 249 g/mol. The minimum absolute atomic E-state index is 0.113. The van der Waals surface area contributed by atoms with Crippen molar-refractivity contribution in [2.45, 2.75) is 25.9 Å². The molecule has 0 aliphatic rings. The van der Waals surface area contributed by atoms with Crippen molar-refractivity contribution in [3.63, 3.8) is 0 Å². The van der Waals surface area contributed by atoms with Crippen molar-refractivity contribution in [1.82, 2.24) is 0 Å². The first-order valence-electron chi connectivity index (χ1n) is 6.19. The SMILES string of the molecule is CCON=CC(F)(Cc1ccccc1)C(=O)OCC. The van der Waals surface area contributed by atoms with Gasteiger partial charge in [0.1, 0.15) is 6.61 Å². The fourth-order valence-electron chi connectivity index (χ4n) is 1.51. The maximum Gasteiger partial charge on any atom is 0.350 e. The van der Waals surface area contributed by atoms with Crippen molar-refractivity contribution >= 4 is 12.2 Å². The predicted molar refractivity (Wildman–Crippen MR) is 70.7 cm³/mol. The number of rotatable bonds is 7. The Morgan fingerprint density at radius 1 is 1.32 bits per heavy atom. The molecule has 0 heterocycles. The molecule has 1 aromatic carbocycles. The Morgan fingerprint density at radius 3 is 2.58 bits per heavy atom. The smallest absolute Gasteiger partial charge is 0.350 e. The van der Waals surface area contributed by atoms with E-state index in [-0.39, 0.29) is 13.0 Å². The molecule has 0 amide bonds. The van der Waals surface area contributed by atoms with Crippen molar-refractivity contribution in [3.8, 4) is 0 Å². The summed E-state index contributed by atoms with van der Waals surface area (Å²) in [5.41, 5.74) is -1.63. The van der Waals surface area contributed by atoms with E-state index in [0.717, 1.165) is 6.21 Å². The number of carbonyl (C=O) groups is 1. The molecule has 0 fully saturated rings. The molecule has 1 rings (SSSR count). The van der Waals surface area contributed by atoms with E-state index in [9.17, 15) is 9.18 Å². The molecule has 1 aromatic rings. The van der Waals surface area contributed by atoms with Crippen LogP contribution in [-0.2, 0) is 20.8 Å². The largest absolute Gasteiger partial charge is 0.463 e. The Bertz CT molecular complexity index is 422. The third-order valence-electron chi connectivity index (χ3n) is 2.38. The van der Waals surface area contributed by atoms with Crippen LogP contribution in [0.25, 0.3) is 0 Å². The van der Waals surface area contributed by atoms with E-state index in [2.05, 4.69) is 5.16 Å². The Balaban J connectivity index is 2.88. The van der Waals surface area contributed by atoms with Gasteiger partial charge >= 0.3 is 5.97 Å². The fourth-order valence-corrected chi connectivity index (χ4v) is 1.51. The lowest BCUT2D eigenvalue weighted by Gasteiger charge is -2.18. The van der Waals surface area contributed by atoms with Gasteiger partial charge in [-0.15, -0.1) is 0 Å². The van der Waals surface area contributed by atoms with Gasteiger partial charge in [0.05, 0.1) is 12.8 Å². The zero-order valence-corrected chi connectivity index (χ0v) is 11.1. The zero-order chi connectivity index (χ0) is 14.1. The van der Waals surface area contributed by atoms with E-state index in [1.165, 1.54) is 0 Å². The lowest BCUT2D eigenvalue weighted by molar-refractivity contribution is -0.152. The zero-order valence-electron chi connectivity index (χ0n) is 11.1. The molecule has 104 valence electrons. The van der Waals surface area contributed by atoms with E-state index in [1.54, 1.807) is 38.1 Å². The van der Waals surface area contributed by atoms with E-state index in [1.807, 2.05) is 6.07 Å². The average Bonchev–Trinajstić information content (AvgIpc) is 2.40. The van der Waals surface area contributed by atoms with E-state index >= 15 is 0 Å². The van der Waals surface area contributed by atoms with Gasteiger partial charge < -0.3 is 9.57 Å². The van der Waals surface area contributed by atoms with Crippen LogP contribution in [0.5, 0.6) is 0 Å². The van der Waals surface area contributed by atoms with Gasteiger partial charge in [-0.1, -0.05) is 35.5 Å². The molecule has 0 N–H and O–H groups in total. The maximum atomic E-state index is 14.7. The quantitative estimate of drug-likeness (QED) is 0.433. The van der Waals surface area contributed by atoms with Gasteiger partial charge in [-0.05, 0) is 19.4 Å². The molecule has 0 aromatic heterocycles. The number of oxime groups is 1. The Kier molecular flexibility index (Phi) is 5.99. The van der Waals surface area contributed by atoms with Crippen molar-refractivity contribution < 1.29 is 18.8 Å². The van der Waals surface area contributed by atoms with Crippen LogP contribution in [0.4, 0.5) is 4.39 Å². The van der Waals surface area contributed by atoms with Gasteiger partial charge in [0.2, 0.25) is 5.67 Å². The summed E-state index contributed by atoms with van der Waals surface area (Å²) >= 11 is 0. The van der Waals surface area contributed by atoms with Gasteiger partial charge in [0.25, 0.3) is 0 Å². The van der Waals surface area contributed by atoms with Gasteiger partial charge in [-0.25, -0.2) is 9.18 Å². The third-order valence-corrected chi connectivity index (χ3v) is 2.38. The summed E-state index contributed by atoms with van der Waals surface area (Å²) in [7, 11) is 0. The van der Waals surface area contributed by atoms with Gasteiger partial charge in [-0.3, -0.25) is 0 Å². The standard InChI is InChI=1S/C14H18FNO3/c1-3-18-13(17)14(15,11-16-19-4-2)10-12-8-6-5-7-9-12/h5-9,11H,3-4,10H2,1-2H3. The number of alkyl halides is 1.